The van der Waals surface area contributed by atoms with Crippen molar-refractivity contribution < 1.29 is 17.9 Å². The van der Waals surface area contributed by atoms with Gasteiger partial charge in [-0.05, 0) is 89.7 Å². The lowest BCUT2D eigenvalue weighted by Crippen LogP contribution is -2.56. The second kappa shape index (κ2) is 13.7. The minimum atomic E-state index is -3.68. The van der Waals surface area contributed by atoms with E-state index in [4.69, 9.17) is 4.74 Å². The zero-order valence-corrected chi connectivity index (χ0v) is 25.5. The Morgan fingerprint density at radius 2 is 1.66 bits per heavy atom. The summed E-state index contributed by atoms with van der Waals surface area (Å²) in [6.45, 7) is 11.8. The van der Waals surface area contributed by atoms with Crippen LogP contribution in [0.5, 0.6) is 5.75 Å². The molecule has 1 aromatic carbocycles. The molecule has 38 heavy (non-hydrogen) atoms. The molecule has 0 spiro atoms. The summed E-state index contributed by atoms with van der Waals surface area (Å²) in [5, 5.41) is 0. The van der Waals surface area contributed by atoms with Crippen LogP contribution in [0.2, 0.25) is 0 Å². The van der Waals surface area contributed by atoms with E-state index in [0.29, 0.717) is 46.2 Å². The predicted molar refractivity (Wildman–Crippen MR) is 153 cm³/mol. The molecule has 1 heterocycles. The molecule has 0 N–H and O–H groups in total. The van der Waals surface area contributed by atoms with Gasteiger partial charge in [0.05, 0.1) is 12.0 Å². The molecule has 2 aliphatic rings. The Labute approximate surface area is 231 Å². The molecule has 216 valence electrons. The lowest BCUT2D eigenvalue weighted by molar-refractivity contribution is -0.120. The fraction of sp³-hybridized carbons (Fsp3) is 0.759. The molecule has 0 bridgehead atoms. The van der Waals surface area contributed by atoms with Gasteiger partial charge in [-0.15, -0.1) is 0 Å². The van der Waals surface area contributed by atoms with E-state index in [1.54, 1.807) is 40.1 Å². The maximum Gasteiger partial charge on any atom is 0.243 e. The highest BCUT2D eigenvalue weighted by Gasteiger charge is 2.33. The summed E-state index contributed by atoms with van der Waals surface area (Å²) in [6, 6.07) is 4.67. The maximum atomic E-state index is 13.2. The molecular weight excluding hydrogens is 500 g/mol. The van der Waals surface area contributed by atoms with E-state index in [-0.39, 0.29) is 18.7 Å². The molecule has 1 aromatic rings. The average molecular weight is 551 g/mol. The number of Topliss-reactive ketones (excluding diaryl/α,β-unsaturated/α-hetero) is 1. The number of hydrogen-bond donors (Lipinski definition) is 0. The largest absolute Gasteiger partial charge is 0.497 e. The number of aryl methyl sites for hydroxylation is 2. The highest BCUT2D eigenvalue weighted by atomic mass is 32.2. The van der Waals surface area contributed by atoms with Crippen molar-refractivity contribution in [1.29, 1.82) is 0 Å². The summed E-state index contributed by atoms with van der Waals surface area (Å²) >= 11 is 0. The fourth-order valence-corrected chi connectivity index (χ4v) is 7.81. The quantitative estimate of drug-likeness (QED) is 0.395. The van der Waals surface area contributed by atoms with Crippen LogP contribution in [0.3, 0.4) is 0 Å². The summed E-state index contributed by atoms with van der Waals surface area (Å²) < 4.78 is 33.1. The highest BCUT2D eigenvalue weighted by Crippen LogP contribution is 2.32. The molecule has 1 saturated carbocycles. The Hall–Kier alpha value is -1.52. The smallest absolute Gasteiger partial charge is 0.243 e. The fourth-order valence-electron chi connectivity index (χ4n) is 6.23. The van der Waals surface area contributed by atoms with E-state index in [1.807, 2.05) is 0 Å². The van der Waals surface area contributed by atoms with Crippen LogP contribution in [0.1, 0.15) is 56.6 Å². The molecule has 1 aliphatic carbocycles. The number of piperazine rings is 1. The molecule has 9 heteroatoms. The number of carbonyl (C=O) groups is 1. The van der Waals surface area contributed by atoms with Gasteiger partial charge in [0.25, 0.3) is 0 Å². The van der Waals surface area contributed by atoms with Gasteiger partial charge in [0.15, 0.2) is 0 Å². The van der Waals surface area contributed by atoms with Gasteiger partial charge in [-0.2, -0.15) is 0 Å². The Balaban J connectivity index is 1.43. The monoisotopic (exact) mass is 550 g/mol. The molecule has 3 rings (SSSR count). The number of ketones is 1. The summed E-state index contributed by atoms with van der Waals surface area (Å²) in [6.07, 6.45) is 5.31. The molecule has 0 amide bonds. The zero-order valence-electron chi connectivity index (χ0n) is 24.7. The predicted octanol–water partition coefficient (Wildman–Crippen LogP) is 3.41. The summed E-state index contributed by atoms with van der Waals surface area (Å²) in [7, 11) is 3.73. The Bertz CT molecular complexity index is 1010. The van der Waals surface area contributed by atoms with Crippen LogP contribution in [0.15, 0.2) is 17.0 Å². The number of carbonyl (C=O) groups excluding carboxylic acids is 1. The van der Waals surface area contributed by atoms with Crippen LogP contribution in [-0.4, -0.2) is 113 Å². The molecule has 1 atom stereocenters. The molecule has 1 aliphatic heterocycles. The number of methoxy groups -OCH3 is 1. The van der Waals surface area contributed by atoms with Gasteiger partial charge >= 0.3 is 0 Å². The summed E-state index contributed by atoms with van der Waals surface area (Å²) in [5.74, 6) is 1.23. The second-order valence-electron chi connectivity index (χ2n) is 11.8. The first-order valence-electron chi connectivity index (χ1n) is 14.2. The number of benzene rings is 1. The van der Waals surface area contributed by atoms with Crippen molar-refractivity contribution >= 4 is 15.8 Å². The van der Waals surface area contributed by atoms with Crippen molar-refractivity contribution in [3.63, 3.8) is 0 Å². The van der Waals surface area contributed by atoms with Crippen LogP contribution in [0.4, 0.5) is 0 Å². The van der Waals surface area contributed by atoms with E-state index in [0.717, 1.165) is 58.4 Å². The van der Waals surface area contributed by atoms with Gasteiger partial charge in [-0.25, -0.2) is 12.7 Å². The van der Waals surface area contributed by atoms with Crippen LogP contribution >= 0.6 is 0 Å². The lowest BCUT2D eigenvalue weighted by Gasteiger charge is -2.46. The average Bonchev–Trinajstić information content (AvgIpc) is 2.86. The van der Waals surface area contributed by atoms with Crippen LogP contribution in [0, 0.1) is 19.8 Å². The third kappa shape index (κ3) is 8.01. The third-order valence-corrected chi connectivity index (χ3v) is 10.6. The lowest BCUT2D eigenvalue weighted by atomic mass is 9.81. The van der Waals surface area contributed by atoms with Crippen molar-refractivity contribution in [2.45, 2.75) is 76.3 Å². The number of ether oxygens (including phenoxy) is 1. The Kier molecular flexibility index (Phi) is 11.2. The minimum absolute atomic E-state index is 0.168. The third-order valence-electron chi connectivity index (χ3n) is 8.47. The minimum Gasteiger partial charge on any atom is -0.497 e. The zero-order chi connectivity index (χ0) is 28.0. The number of sulfonamides is 1. The standard InChI is InChI=1S/C29H50N4O4S/c1-22-18-28(37-7)19-23(2)29(22)38(35,36)31(6)13-12-27(34)20-25-8-10-26(11-9-25)33-17-16-32(21-24(33)3)15-14-30(4)5/h18-19,24-26H,8-17,20-21H2,1-7H3/t24-,25?,26?/m1/s1. The molecule has 0 radical (unpaired) electrons. The van der Waals surface area contributed by atoms with Gasteiger partial charge in [0, 0.05) is 71.2 Å². The van der Waals surface area contributed by atoms with Crippen LogP contribution < -0.4 is 4.74 Å². The molecule has 8 nitrogen and oxygen atoms in total. The number of hydrogen-bond acceptors (Lipinski definition) is 7. The summed E-state index contributed by atoms with van der Waals surface area (Å²) in [4.78, 5) is 20.7. The molecule has 2 fully saturated rings. The van der Waals surface area contributed by atoms with E-state index in [1.165, 1.54) is 4.31 Å². The number of rotatable bonds is 12. The number of likely N-dealkylation sites (N-methyl/N-ethyl adjacent to an activating group) is 1. The maximum absolute atomic E-state index is 13.2. The summed E-state index contributed by atoms with van der Waals surface area (Å²) in [5.41, 5.74) is 1.31. The van der Waals surface area contributed by atoms with Crippen molar-refractivity contribution in [3.8, 4) is 5.75 Å². The van der Waals surface area contributed by atoms with E-state index in [9.17, 15) is 13.2 Å². The van der Waals surface area contributed by atoms with Crippen molar-refractivity contribution in [1.82, 2.24) is 19.0 Å². The van der Waals surface area contributed by atoms with Gasteiger partial charge in [-0.1, -0.05) is 0 Å². The first-order valence-corrected chi connectivity index (χ1v) is 15.6. The Morgan fingerprint density at radius 1 is 1.03 bits per heavy atom. The molecule has 0 aromatic heterocycles. The SMILES string of the molecule is COc1cc(C)c(S(=O)(=O)N(C)CCC(=O)CC2CCC(N3CCN(CCN(C)C)C[C@H]3C)CC2)c(C)c1. The normalized spacial score (nSPS) is 23.8. The topological polar surface area (TPSA) is 73.4 Å². The van der Waals surface area contributed by atoms with Gasteiger partial charge in [0.2, 0.25) is 10.0 Å². The van der Waals surface area contributed by atoms with Gasteiger partial charge in [0.1, 0.15) is 11.5 Å². The van der Waals surface area contributed by atoms with Gasteiger partial charge in [-0.3, -0.25) is 14.6 Å². The Morgan fingerprint density at radius 3 is 2.21 bits per heavy atom. The van der Waals surface area contributed by atoms with Crippen LogP contribution in [-0.2, 0) is 14.8 Å². The molecular formula is C29H50N4O4S. The van der Waals surface area contributed by atoms with E-state index in [2.05, 4.69) is 35.7 Å². The van der Waals surface area contributed by atoms with Crippen LogP contribution in [0.25, 0.3) is 0 Å². The van der Waals surface area contributed by atoms with E-state index >= 15 is 0 Å². The first-order chi connectivity index (χ1) is 17.9. The van der Waals surface area contributed by atoms with Crippen molar-refractivity contribution in [3.05, 3.63) is 23.3 Å². The molecule has 0 unspecified atom stereocenters. The molecule has 1 saturated heterocycles. The number of nitrogens with zero attached hydrogens (tertiary/aromatic N) is 4. The van der Waals surface area contributed by atoms with E-state index < -0.39 is 10.0 Å². The van der Waals surface area contributed by atoms with Crippen molar-refractivity contribution in [2.75, 3.05) is 67.5 Å². The first kappa shape index (κ1) is 31.0. The van der Waals surface area contributed by atoms with Crippen molar-refractivity contribution in [2.24, 2.45) is 5.92 Å². The van der Waals surface area contributed by atoms with Gasteiger partial charge < -0.3 is 9.64 Å². The second-order valence-corrected chi connectivity index (χ2v) is 13.8. The highest BCUT2D eigenvalue weighted by molar-refractivity contribution is 7.89.